The monoisotopic (exact) mass is 286 g/mol. The molecule has 0 aliphatic rings. The molecule has 0 fully saturated rings. The minimum atomic E-state index is -0.839. The fourth-order valence-electron chi connectivity index (χ4n) is 1.30. The minimum Gasteiger partial charge on any atom is -0.293 e. The fourth-order valence-corrected chi connectivity index (χ4v) is 2.99. The Kier molecular flexibility index (Phi) is 4.03. The average Bonchev–Trinajstić information content (AvgIpc) is 2.72. The standard InChI is InChI=1S/C11H8F2N2OS2/c1-6-14-15-11(18-6)17-5-9(16)10-7(12)3-2-4-8(10)13/h2-4H,5H2,1H3. The number of ketones is 1. The van der Waals surface area contributed by atoms with Gasteiger partial charge in [-0.3, -0.25) is 4.79 Å². The van der Waals surface area contributed by atoms with E-state index in [1.54, 1.807) is 6.92 Å². The highest BCUT2D eigenvalue weighted by atomic mass is 32.2. The van der Waals surface area contributed by atoms with Gasteiger partial charge in [0.05, 0.1) is 11.3 Å². The van der Waals surface area contributed by atoms with E-state index in [9.17, 15) is 13.6 Å². The van der Waals surface area contributed by atoms with Crippen LogP contribution in [0.25, 0.3) is 0 Å². The van der Waals surface area contributed by atoms with Gasteiger partial charge in [-0.15, -0.1) is 10.2 Å². The van der Waals surface area contributed by atoms with Crippen molar-refractivity contribution in [2.45, 2.75) is 11.3 Å². The Bertz CT molecular complexity index is 566. The number of carbonyl (C=O) groups excluding carboxylic acids is 1. The number of nitrogens with zero attached hydrogens (tertiary/aromatic N) is 2. The van der Waals surface area contributed by atoms with E-state index in [2.05, 4.69) is 10.2 Å². The van der Waals surface area contributed by atoms with Crippen LogP contribution >= 0.6 is 23.1 Å². The summed E-state index contributed by atoms with van der Waals surface area (Å²) >= 11 is 2.46. The van der Waals surface area contributed by atoms with Crippen molar-refractivity contribution < 1.29 is 13.6 Å². The summed E-state index contributed by atoms with van der Waals surface area (Å²) in [6.07, 6.45) is 0. The molecule has 7 heteroatoms. The molecule has 2 aromatic rings. The Morgan fingerprint density at radius 1 is 1.33 bits per heavy atom. The van der Waals surface area contributed by atoms with Crippen molar-refractivity contribution >= 4 is 28.9 Å². The van der Waals surface area contributed by atoms with E-state index in [1.165, 1.54) is 17.4 Å². The van der Waals surface area contributed by atoms with E-state index >= 15 is 0 Å². The molecular formula is C11H8F2N2OS2. The molecule has 1 heterocycles. The summed E-state index contributed by atoms with van der Waals surface area (Å²) in [5, 5.41) is 8.39. The molecule has 3 nitrogen and oxygen atoms in total. The van der Waals surface area contributed by atoms with E-state index < -0.39 is 23.0 Å². The molecule has 1 aromatic carbocycles. The van der Waals surface area contributed by atoms with Crippen molar-refractivity contribution in [3.63, 3.8) is 0 Å². The summed E-state index contributed by atoms with van der Waals surface area (Å²) in [7, 11) is 0. The molecule has 0 bridgehead atoms. The van der Waals surface area contributed by atoms with Crippen LogP contribution in [0.1, 0.15) is 15.4 Å². The van der Waals surface area contributed by atoms with Gasteiger partial charge >= 0.3 is 0 Å². The van der Waals surface area contributed by atoms with Gasteiger partial charge in [0.15, 0.2) is 10.1 Å². The zero-order valence-electron chi connectivity index (χ0n) is 9.31. The third-order valence-electron chi connectivity index (χ3n) is 2.08. The molecule has 0 spiro atoms. The Balaban J connectivity index is 2.08. The normalized spacial score (nSPS) is 10.6. The average molecular weight is 286 g/mol. The molecule has 2 rings (SSSR count). The molecule has 0 amide bonds. The lowest BCUT2D eigenvalue weighted by Gasteiger charge is -2.02. The number of halogens is 2. The second kappa shape index (κ2) is 5.53. The maximum absolute atomic E-state index is 13.3. The zero-order chi connectivity index (χ0) is 13.1. The van der Waals surface area contributed by atoms with Gasteiger partial charge in [-0.2, -0.15) is 0 Å². The Morgan fingerprint density at radius 2 is 2.00 bits per heavy atom. The van der Waals surface area contributed by atoms with Crippen LogP contribution in [-0.2, 0) is 0 Å². The number of Topliss-reactive ketones (excluding diaryl/α,β-unsaturated/α-hetero) is 1. The molecule has 1 aromatic heterocycles. The van der Waals surface area contributed by atoms with Crippen LogP contribution < -0.4 is 0 Å². The van der Waals surface area contributed by atoms with Crippen molar-refractivity contribution in [1.82, 2.24) is 10.2 Å². The largest absolute Gasteiger partial charge is 0.293 e. The van der Waals surface area contributed by atoms with Crippen LogP contribution in [0, 0.1) is 18.6 Å². The van der Waals surface area contributed by atoms with Gasteiger partial charge in [-0.05, 0) is 19.1 Å². The molecule has 0 aliphatic heterocycles. The smallest absolute Gasteiger partial charge is 0.179 e. The Morgan fingerprint density at radius 3 is 2.56 bits per heavy atom. The van der Waals surface area contributed by atoms with Crippen molar-refractivity contribution in [2.75, 3.05) is 5.75 Å². The highest BCUT2D eigenvalue weighted by molar-refractivity contribution is 8.01. The topological polar surface area (TPSA) is 42.9 Å². The molecule has 0 aliphatic carbocycles. The number of aryl methyl sites for hydroxylation is 1. The highest BCUT2D eigenvalue weighted by Gasteiger charge is 2.17. The number of thioether (sulfide) groups is 1. The third kappa shape index (κ3) is 2.91. The highest BCUT2D eigenvalue weighted by Crippen LogP contribution is 2.23. The molecule has 0 saturated carbocycles. The van der Waals surface area contributed by atoms with Crippen LogP contribution in [0.2, 0.25) is 0 Å². The number of rotatable bonds is 4. The van der Waals surface area contributed by atoms with Crippen molar-refractivity contribution in [3.05, 3.63) is 40.4 Å². The summed E-state index contributed by atoms with van der Waals surface area (Å²) < 4.78 is 27.3. The predicted octanol–water partition coefficient (Wildman–Crippen LogP) is 3.10. The molecule has 18 heavy (non-hydrogen) atoms. The van der Waals surface area contributed by atoms with Crippen molar-refractivity contribution in [1.29, 1.82) is 0 Å². The fraction of sp³-hybridized carbons (Fsp3) is 0.182. The van der Waals surface area contributed by atoms with Crippen LogP contribution in [0.4, 0.5) is 8.78 Å². The molecule has 0 saturated heterocycles. The summed E-state index contributed by atoms with van der Waals surface area (Å²) in [4.78, 5) is 11.7. The van der Waals surface area contributed by atoms with Gasteiger partial charge in [0, 0.05) is 0 Å². The molecule has 0 atom stereocenters. The molecule has 0 radical (unpaired) electrons. The van der Waals surface area contributed by atoms with Gasteiger partial charge in [-0.1, -0.05) is 29.2 Å². The lowest BCUT2D eigenvalue weighted by atomic mass is 10.1. The van der Waals surface area contributed by atoms with Crippen LogP contribution in [0.5, 0.6) is 0 Å². The van der Waals surface area contributed by atoms with Crippen LogP contribution in [0.3, 0.4) is 0 Å². The third-order valence-corrected chi connectivity index (χ3v) is 4.05. The van der Waals surface area contributed by atoms with Crippen LogP contribution in [-0.4, -0.2) is 21.7 Å². The summed E-state index contributed by atoms with van der Waals surface area (Å²) in [5.74, 6) is -2.33. The van der Waals surface area contributed by atoms with Gasteiger partial charge in [-0.25, -0.2) is 8.78 Å². The number of hydrogen-bond donors (Lipinski definition) is 0. The minimum absolute atomic E-state index is 0.0630. The molecule has 0 N–H and O–H groups in total. The maximum Gasteiger partial charge on any atom is 0.179 e. The first-order chi connectivity index (χ1) is 8.58. The molecule has 0 unspecified atom stereocenters. The lowest BCUT2D eigenvalue weighted by molar-refractivity contribution is 0.101. The second-order valence-electron chi connectivity index (χ2n) is 3.40. The quantitative estimate of drug-likeness (QED) is 0.640. The second-order valence-corrected chi connectivity index (χ2v) is 5.80. The summed E-state index contributed by atoms with van der Waals surface area (Å²) in [6, 6.07) is 3.36. The van der Waals surface area contributed by atoms with Gasteiger partial charge < -0.3 is 0 Å². The molecular weight excluding hydrogens is 278 g/mol. The first kappa shape index (κ1) is 13.1. The molecule has 94 valence electrons. The number of hydrogen-bond acceptors (Lipinski definition) is 5. The first-order valence-electron chi connectivity index (χ1n) is 4.98. The van der Waals surface area contributed by atoms with E-state index in [4.69, 9.17) is 0 Å². The maximum atomic E-state index is 13.3. The van der Waals surface area contributed by atoms with Gasteiger partial charge in [0.1, 0.15) is 16.6 Å². The SMILES string of the molecule is Cc1nnc(SCC(=O)c2c(F)cccc2F)s1. The van der Waals surface area contributed by atoms with E-state index in [-0.39, 0.29) is 5.75 Å². The Labute approximate surface area is 110 Å². The number of benzene rings is 1. The van der Waals surface area contributed by atoms with Crippen LogP contribution in [0.15, 0.2) is 22.5 Å². The lowest BCUT2D eigenvalue weighted by Crippen LogP contribution is -2.08. The summed E-state index contributed by atoms with van der Waals surface area (Å²) in [6.45, 7) is 1.79. The van der Waals surface area contributed by atoms with Gasteiger partial charge in [0.25, 0.3) is 0 Å². The summed E-state index contributed by atoms with van der Waals surface area (Å²) in [5.41, 5.74) is -0.494. The zero-order valence-corrected chi connectivity index (χ0v) is 10.9. The van der Waals surface area contributed by atoms with Crippen molar-refractivity contribution in [3.8, 4) is 0 Å². The van der Waals surface area contributed by atoms with Crippen molar-refractivity contribution in [2.24, 2.45) is 0 Å². The van der Waals surface area contributed by atoms with E-state index in [1.807, 2.05) is 0 Å². The predicted molar refractivity (Wildman–Crippen MR) is 66.1 cm³/mol. The van der Waals surface area contributed by atoms with E-state index in [0.29, 0.717) is 4.34 Å². The number of aromatic nitrogens is 2. The van der Waals surface area contributed by atoms with E-state index in [0.717, 1.165) is 28.9 Å². The Hall–Kier alpha value is -1.34. The number of carbonyl (C=O) groups is 1. The first-order valence-corrected chi connectivity index (χ1v) is 6.78. The van der Waals surface area contributed by atoms with Gasteiger partial charge in [0.2, 0.25) is 0 Å².